The highest BCUT2D eigenvalue weighted by atomic mass is 16.3. The SMILES string of the molecule is Cc1ncoc1-c1nc(N2CCN[C@@H](C)C2)n[nH]1. The van der Waals surface area contributed by atoms with Gasteiger partial charge in [-0.25, -0.2) is 4.98 Å². The van der Waals surface area contributed by atoms with E-state index in [4.69, 9.17) is 4.42 Å². The van der Waals surface area contributed by atoms with Gasteiger partial charge in [0.2, 0.25) is 5.95 Å². The van der Waals surface area contributed by atoms with E-state index in [0.717, 1.165) is 25.3 Å². The molecule has 1 aliphatic rings. The third-order valence-corrected chi connectivity index (χ3v) is 3.09. The molecule has 0 spiro atoms. The van der Waals surface area contributed by atoms with Crippen LogP contribution in [0.3, 0.4) is 0 Å². The lowest BCUT2D eigenvalue weighted by atomic mass is 10.2. The summed E-state index contributed by atoms with van der Waals surface area (Å²) >= 11 is 0. The Kier molecular flexibility index (Phi) is 2.75. The molecule has 0 aliphatic carbocycles. The molecule has 2 N–H and O–H groups in total. The van der Waals surface area contributed by atoms with Crippen LogP contribution in [0.4, 0.5) is 5.95 Å². The lowest BCUT2D eigenvalue weighted by Crippen LogP contribution is -2.49. The Morgan fingerprint density at radius 3 is 3.11 bits per heavy atom. The Hall–Kier alpha value is -1.89. The van der Waals surface area contributed by atoms with Crippen molar-refractivity contribution in [2.45, 2.75) is 19.9 Å². The molecule has 1 saturated heterocycles. The fourth-order valence-corrected chi connectivity index (χ4v) is 2.14. The lowest BCUT2D eigenvalue weighted by molar-refractivity contribution is 0.480. The summed E-state index contributed by atoms with van der Waals surface area (Å²) in [6, 6.07) is 0.452. The second kappa shape index (κ2) is 4.41. The molecule has 2 aromatic heterocycles. The van der Waals surface area contributed by atoms with Crippen molar-refractivity contribution in [2.75, 3.05) is 24.5 Å². The van der Waals surface area contributed by atoms with E-state index in [1.165, 1.54) is 6.39 Å². The number of aryl methyl sites for hydroxylation is 1. The summed E-state index contributed by atoms with van der Waals surface area (Å²) in [4.78, 5) is 10.7. The number of hydrogen-bond donors (Lipinski definition) is 2. The lowest BCUT2D eigenvalue weighted by Gasteiger charge is -2.30. The number of aromatic amines is 1. The Morgan fingerprint density at radius 1 is 1.50 bits per heavy atom. The summed E-state index contributed by atoms with van der Waals surface area (Å²) in [6.07, 6.45) is 1.42. The average molecular weight is 248 g/mol. The number of aromatic nitrogens is 4. The van der Waals surface area contributed by atoms with Crippen molar-refractivity contribution < 1.29 is 4.42 Å². The van der Waals surface area contributed by atoms with Crippen LogP contribution >= 0.6 is 0 Å². The highest BCUT2D eigenvalue weighted by Gasteiger charge is 2.20. The zero-order valence-corrected chi connectivity index (χ0v) is 10.5. The summed E-state index contributed by atoms with van der Waals surface area (Å²) < 4.78 is 5.30. The van der Waals surface area contributed by atoms with Gasteiger partial charge in [-0.3, -0.25) is 5.10 Å². The molecule has 0 saturated carbocycles. The van der Waals surface area contributed by atoms with Crippen molar-refractivity contribution >= 4 is 5.95 Å². The van der Waals surface area contributed by atoms with Gasteiger partial charge < -0.3 is 14.6 Å². The van der Waals surface area contributed by atoms with Crippen LogP contribution in [0, 0.1) is 6.92 Å². The van der Waals surface area contributed by atoms with Gasteiger partial charge in [-0.2, -0.15) is 4.98 Å². The Bertz CT molecular complexity index is 533. The fourth-order valence-electron chi connectivity index (χ4n) is 2.14. The molecule has 1 fully saturated rings. The molecule has 0 amide bonds. The number of anilines is 1. The van der Waals surface area contributed by atoms with E-state index < -0.39 is 0 Å². The van der Waals surface area contributed by atoms with E-state index in [1.54, 1.807) is 0 Å². The minimum absolute atomic E-state index is 0.452. The zero-order valence-electron chi connectivity index (χ0n) is 10.5. The first-order valence-corrected chi connectivity index (χ1v) is 6.05. The number of nitrogens with one attached hydrogen (secondary N) is 2. The summed E-state index contributed by atoms with van der Waals surface area (Å²) in [6.45, 7) is 6.81. The second-order valence-electron chi connectivity index (χ2n) is 4.55. The minimum Gasteiger partial charge on any atom is -0.440 e. The minimum atomic E-state index is 0.452. The van der Waals surface area contributed by atoms with Crippen molar-refractivity contribution in [1.82, 2.24) is 25.5 Å². The topological polar surface area (TPSA) is 82.9 Å². The molecule has 2 aromatic rings. The summed E-state index contributed by atoms with van der Waals surface area (Å²) in [5, 5.41) is 10.5. The Balaban J connectivity index is 1.83. The van der Waals surface area contributed by atoms with Crippen molar-refractivity contribution in [3.05, 3.63) is 12.1 Å². The quantitative estimate of drug-likeness (QED) is 0.808. The van der Waals surface area contributed by atoms with Gasteiger partial charge in [0.25, 0.3) is 0 Å². The van der Waals surface area contributed by atoms with Crippen LogP contribution in [-0.4, -0.2) is 45.8 Å². The van der Waals surface area contributed by atoms with Crippen LogP contribution in [0.2, 0.25) is 0 Å². The Morgan fingerprint density at radius 2 is 2.39 bits per heavy atom. The molecule has 0 unspecified atom stereocenters. The summed E-state index contributed by atoms with van der Waals surface area (Å²) in [5.74, 6) is 2.00. The van der Waals surface area contributed by atoms with Crippen LogP contribution < -0.4 is 10.2 Å². The maximum absolute atomic E-state index is 5.30. The molecular weight excluding hydrogens is 232 g/mol. The second-order valence-corrected chi connectivity index (χ2v) is 4.55. The zero-order chi connectivity index (χ0) is 12.5. The van der Waals surface area contributed by atoms with Crippen LogP contribution in [-0.2, 0) is 0 Å². The van der Waals surface area contributed by atoms with Gasteiger partial charge >= 0.3 is 0 Å². The highest BCUT2D eigenvalue weighted by molar-refractivity contribution is 5.51. The van der Waals surface area contributed by atoms with Crippen molar-refractivity contribution in [3.63, 3.8) is 0 Å². The van der Waals surface area contributed by atoms with E-state index >= 15 is 0 Å². The molecule has 1 aliphatic heterocycles. The molecule has 0 radical (unpaired) electrons. The van der Waals surface area contributed by atoms with Gasteiger partial charge in [-0.1, -0.05) is 0 Å². The number of H-pyrrole nitrogens is 1. The maximum atomic E-state index is 5.30. The van der Waals surface area contributed by atoms with Crippen molar-refractivity contribution in [3.8, 4) is 11.6 Å². The molecular formula is C11H16N6O. The van der Waals surface area contributed by atoms with Crippen LogP contribution in [0.25, 0.3) is 11.6 Å². The van der Waals surface area contributed by atoms with Crippen molar-refractivity contribution in [1.29, 1.82) is 0 Å². The Labute approximate surface area is 105 Å². The molecule has 7 heteroatoms. The highest BCUT2D eigenvalue weighted by Crippen LogP contribution is 2.20. The molecule has 7 nitrogen and oxygen atoms in total. The molecule has 18 heavy (non-hydrogen) atoms. The smallest absolute Gasteiger partial charge is 0.245 e. The molecule has 0 bridgehead atoms. The number of nitrogens with zero attached hydrogens (tertiary/aromatic N) is 4. The van der Waals surface area contributed by atoms with Crippen LogP contribution in [0.1, 0.15) is 12.6 Å². The van der Waals surface area contributed by atoms with E-state index in [9.17, 15) is 0 Å². The predicted octanol–water partition coefficient (Wildman–Crippen LogP) is 0.566. The van der Waals surface area contributed by atoms with Gasteiger partial charge in [-0.15, -0.1) is 5.10 Å². The van der Waals surface area contributed by atoms with Gasteiger partial charge in [0.15, 0.2) is 18.0 Å². The van der Waals surface area contributed by atoms with Crippen LogP contribution in [0.15, 0.2) is 10.8 Å². The van der Waals surface area contributed by atoms with E-state index in [1.807, 2.05) is 6.92 Å². The van der Waals surface area contributed by atoms with Gasteiger partial charge in [0, 0.05) is 25.7 Å². The summed E-state index contributed by atoms with van der Waals surface area (Å²) in [5.41, 5.74) is 0.811. The standard InChI is InChI=1S/C11H16N6O/c1-7-5-17(4-3-12-7)11-14-10(15-16-11)9-8(2)13-6-18-9/h6-7,12H,3-5H2,1-2H3,(H,14,15,16)/t7-/m0/s1. The first-order valence-electron chi connectivity index (χ1n) is 6.05. The maximum Gasteiger partial charge on any atom is 0.245 e. The van der Waals surface area contributed by atoms with Crippen molar-refractivity contribution in [2.24, 2.45) is 0 Å². The van der Waals surface area contributed by atoms with E-state index in [0.29, 0.717) is 23.6 Å². The number of oxazole rings is 1. The summed E-state index contributed by atoms with van der Waals surface area (Å²) in [7, 11) is 0. The number of hydrogen-bond acceptors (Lipinski definition) is 6. The fraction of sp³-hybridized carbons (Fsp3) is 0.545. The van der Waals surface area contributed by atoms with Gasteiger partial charge in [0.1, 0.15) is 0 Å². The third-order valence-electron chi connectivity index (χ3n) is 3.09. The molecule has 3 heterocycles. The van der Waals surface area contributed by atoms with Crippen LogP contribution in [0.5, 0.6) is 0 Å². The molecule has 0 aromatic carbocycles. The van der Waals surface area contributed by atoms with Gasteiger partial charge in [-0.05, 0) is 13.8 Å². The predicted molar refractivity (Wildman–Crippen MR) is 66.3 cm³/mol. The van der Waals surface area contributed by atoms with Gasteiger partial charge in [0.05, 0.1) is 5.69 Å². The average Bonchev–Trinajstić information content (AvgIpc) is 2.97. The molecule has 1 atom stereocenters. The number of rotatable bonds is 2. The van der Waals surface area contributed by atoms with E-state index in [-0.39, 0.29) is 0 Å². The normalized spacial score (nSPS) is 20.3. The molecule has 3 rings (SSSR count). The first kappa shape index (κ1) is 11.2. The van der Waals surface area contributed by atoms with E-state index in [2.05, 4.69) is 37.3 Å². The molecule has 96 valence electrons. The first-order chi connectivity index (χ1) is 8.74. The monoisotopic (exact) mass is 248 g/mol. The third kappa shape index (κ3) is 1.97. The number of piperazine rings is 1. The largest absolute Gasteiger partial charge is 0.440 e.